The Labute approximate surface area is 139 Å². The molecule has 2 rings (SSSR count). The van der Waals surface area contributed by atoms with Gasteiger partial charge < -0.3 is 0 Å². The second-order valence-corrected chi connectivity index (χ2v) is 7.90. The van der Waals surface area contributed by atoms with Crippen LogP contribution in [0.25, 0.3) is 0 Å². The van der Waals surface area contributed by atoms with Crippen LogP contribution in [0.4, 0.5) is 0 Å². The molecule has 0 N–H and O–H groups in total. The Hall–Kier alpha value is -1.62. The average Bonchev–Trinajstić information content (AvgIpc) is 2.96. The number of sulfone groups is 1. The standard InChI is InChI=1S/C18H26N2O2S/c1-3-5-13-20-17(15-16(4-2)19-20)10-9-14-23(21,22)18-11-7-6-8-12-18/h6-8,11-12,15H,3-5,9-10,13-14H2,1-2H3. The van der Waals surface area contributed by atoms with Gasteiger partial charge >= 0.3 is 0 Å². The van der Waals surface area contributed by atoms with Crippen LogP contribution < -0.4 is 0 Å². The first-order chi connectivity index (χ1) is 11.1. The summed E-state index contributed by atoms with van der Waals surface area (Å²) in [5.74, 6) is 0.178. The Morgan fingerprint density at radius 2 is 1.83 bits per heavy atom. The highest BCUT2D eigenvalue weighted by Crippen LogP contribution is 2.14. The van der Waals surface area contributed by atoms with E-state index >= 15 is 0 Å². The summed E-state index contributed by atoms with van der Waals surface area (Å²) in [6.45, 7) is 5.17. The monoisotopic (exact) mass is 334 g/mol. The number of benzene rings is 1. The number of rotatable bonds is 9. The Bertz CT molecular complexity index is 706. The van der Waals surface area contributed by atoms with Gasteiger partial charge in [-0.25, -0.2) is 8.42 Å². The number of aryl methyl sites for hydroxylation is 3. The third kappa shape index (κ3) is 4.93. The highest BCUT2D eigenvalue weighted by Gasteiger charge is 2.14. The summed E-state index contributed by atoms with van der Waals surface area (Å²) in [4.78, 5) is 0.411. The van der Waals surface area contributed by atoms with Crippen LogP contribution in [0.2, 0.25) is 0 Å². The van der Waals surface area contributed by atoms with Gasteiger partial charge in [-0.3, -0.25) is 4.68 Å². The smallest absolute Gasteiger partial charge is 0.178 e. The molecule has 5 heteroatoms. The van der Waals surface area contributed by atoms with E-state index in [2.05, 4.69) is 29.7 Å². The molecular formula is C18H26N2O2S. The molecule has 1 aromatic carbocycles. The van der Waals surface area contributed by atoms with Crippen LogP contribution in [-0.2, 0) is 29.2 Å². The van der Waals surface area contributed by atoms with Crippen LogP contribution in [0.3, 0.4) is 0 Å². The van der Waals surface area contributed by atoms with Gasteiger partial charge in [0.2, 0.25) is 0 Å². The Morgan fingerprint density at radius 1 is 1.09 bits per heavy atom. The first-order valence-corrected chi connectivity index (χ1v) is 10.1. The first kappa shape index (κ1) is 17.7. The maximum absolute atomic E-state index is 12.3. The molecule has 1 aromatic heterocycles. The zero-order chi connectivity index (χ0) is 16.7. The van der Waals surface area contributed by atoms with E-state index in [1.54, 1.807) is 24.3 Å². The van der Waals surface area contributed by atoms with Crippen molar-refractivity contribution in [3.63, 3.8) is 0 Å². The van der Waals surface area contributed by atoms with Crippen molar-refractivity contribution < 1.29 is 8.42 Å². The topological polar surface area (TPSA) is 52.0 Å². The highest BCUT2D eigenvalue weighted by molar-refractivity contribution is 7.91. The number of unbranched alkanes of at least 4 members (excludes halogenated alkanes) is 1. The fourth-order valence-corrected chi connectivity index (χ4v) is 3.91. The Balaban J connectivity index is 1.99. The lowest BCUT2D eigenvalue weighted by molar-refractivity contribution is 0.540. The Kier molecular flexibility index (Phi) is 6.39. The SMILES string of the molecule is CCCCn1nc(CC)cc1CCCS(=O)(=O)c1ccccc1. The molecule has 0 unspecified atom stereocenters. The summed E-state index contributed by atoms with van der Waals surface area (Å²) < 4.78 is 26.7. The van der Waals surface area contributed by atoms with Crippen LogP contribution >= 0.6 is 0 Å². The number of hydrogen-bond acceptors (Lipinski definition) is 3. The van der Waals surface area contributed by atoms with Crippen LogP contribution in [0.1, 0.15) is 44.5 Å². The number of hydrogen-bond donors (Lipinski definition) is 0. The second-order valence-electron chi connectivity index (χ2n) is 5.79. The van der Waals surface area contributed by atoms with Crippen LogP contribution in [0.5, 0.6) is 0 Å². The van der Waals surface area contributed by atoms with Crippen molar-refractivity contribution in [2.45, 2.75) is 57.4 Å². The molecular weight excluding hydrogens is 308 g/mol. The third-order valence-corrected chi connectivity index (χ3v) is 5.76. The minimum Gasteiger partial charge on any atom is -0.269 e. The van der Waals surface area contributed by atoms with Crippen LogP contribution in [0, 0.1) is 0 Å². The molecule has 126 valence electrons. The lowest BCUT2D eigenvalue weighted by atomic mass is 10.2. The Morgan fingerprint density at radius 3 is 2.48 bits per heavy atom. The summed E-state index contributed by atoms with van der Waals surface area (Å²) in [5, 5.41) is 4.61. The van der Waals surface area contributed by atoms with Crippen LogP contribution in [0.15, 0.2) is 41.3 Å². The fourth-order valence-electron chi connectivity index (χ4n) is 2.58. The molecule has 0 fully saturated rings. The van der Waals surface area contributed by atoms with Gasteiger partial charge in [-0.1, -0.05) is 38.5 Å². The van der Waals surface area contributed by atoms with E-state index in [1.807, 2.05) is 6.07 Å². The van der Waals surface area contributed by atoms with Crippen molar-refractivity contribution in [3.8, 4) is 0 Å². The van der Waals surface area contributed by atoms with E-state index in [0.717, 1.165) is 43.6 Å². The van der Waals surface area contributed by atoms with E-state index < -0.39 is 9.84 Å². The quantitative estimate of drug-likeness (QED) is 0.703. The summed E-state index contributed by atoms with van der Waals surface area (Å²) in [6, 6.07) is 10.8. The average molecular weight is 334 g/mol. The fraction of sp³-hybridized carbons (Fsp3) is 0.500. The highest BCUT2D eigenvalue weighted by atomic mass is 32.2. The molecule has 4 nitrogen and oxygen atoms in total. The van der Waals surface area contributed by atoms with Gasteiger partial charge in [0.25, 0.3) is 0 Å². The van der Waals surface area contributed by atoms with Gasteiger partial charge in [0.05, 0.1) is 16.3 Å². The summed E-state index contributed by atoms with van der Waals surface area (Å²) in [5.41, 5.74) is 2.24. The summed E-state index contributed by atoms with van der Waals surface area (Å²) in [6.07, 6.45) is 4.51. The molecule has 0 spiro atoms. The summed E-state index contributed by atoms with van der Waals surface area (Å²) >= 11 is 0. The molecule has 0 amide bonds. The van der Waals surface area contributed by atoms with Gasteiger partial charge in [0.1, 0.15) is 0 Å². The number of nitrogens with zero attached hydrogens (tertiary/aromatic N) is 2. The lowest BCUT2D eigenvalue weighted by Gasteiger charge is -2.07. The largest absolute Gasteiger partial charge is 0.269 e. The molecule has 0 bridgehead atoms. The molecule has 23 heavy (non-hydrogen) atoms. The van der Waals surface area contributed by atoms with Gasteiger partial charge in [0, 0.05) is 12.2 Å². The third-order valence-electron chi connectivity index (χ3n) is 3.95. The van der Waals surface area contributed by atoms with Crippen molar-refractivity contribution in [3.05, 3.63) is 47.8 Å². The molecule has 0 aliphatic carbocycles. The molecule has 0 aliphatic rings. The van der Waals surface area contributed by atoms with Crippen LogP contribution in [-0.4, -0.2) is 24.0 Å². The van der Waals surface area contributed by atoms with E-state index in [0.29, 0.717) is 11.3 Å². The van der Waals surface area contributed by atoms with E-state index in [9.17, 15) is 8.42 Å². The maximum atomic E-state index is 12.3. The predicted molar refractivity (Wildman–Crippen MR) is 93.3 cm³/mol. The second kappa shape index (κ2) is 8.29. The maximum Gasteiger partial charge on any atom is 0.178 e. The molecule has 1 heterocycles. The summed E-state index contributed by atoms with van der Waals surface area (Å²) in [7, 11) is -3.19. The van der Waals surface area contributed by atoms with Crippen molar-refractivity contribution in [1.82, 2.24) is 9.78 Å². The van der Waals surface area contributed by atoms with Gasteiger partial charge in [0.15, 0.2) is 9.84 Å². The number of aromatic nitrogens is 2. The minimum atomic E-state index is -3.19. The molecule has 2 aromatic rings. The normalized spacial score (nSPS) is 11.7. The van der Waals surface area contributed by atoms with Gasteiger partial charge in [-0.05, 0) is 43.9 Å². The van der Waals surface area contributed by atoms with Gasteiger partial charge in [-0.2, -0.15) is 5.10 Å². The van der Waals surface area contributed by atoms with Crippen molar-refractivity contribution >= 4 is 9.84 Å². The predicted octanol–water partition coefficient (Wildman–Crippen LogP) is 3.65. The molecule has 0 radical (unpaired) electrons. The molecule has 0 atom stereocenters. The zero-order valence-corrected chi connectivity index (χ0v) is 14.8. The van der Waals surface area contributed by atoms with Gasteiger partial charge in [-0.15, -0.1) is 0 Å². The first-order valence-electron chi connectivity index (χ1n) is 8.40. The van der Waals surface area contributed by atoms with E-state index in [-0.39, 0.29) is 5.75 Å². The van der Waals surface area contributed by atoms with E-state index in [4.69, 9.17) is 0 Å². The van der Waals surface area contributed by atoms with Crippen molar-refractivity contribution in [2.24, 2.45) is 0 Å². The lowest BCUT2D eigenvalue weighted by Crippen LogP contribution is -2.10. The molecule has 0 saturated carbocycles. The van der Waals surface area contributed by atoms with E-state index in [1.165, 1.54) is 0 Å². The molecule has 0 aliphatic heterocycles. The van der Waals surface area contributed by atoms with Crippen molar-refractivity contribution in [2.75, 3.05) is 5.75 Å². The van der Waals surface area contributed by atoms with Crippen molar-refractivity contribution in [1.29, 1.82) is 0 Å². The zero-order valence-electron chi connectivity index (χ0n) is 14.0. The molecule has 0 saturated heterocycles. The minimum absolute atomic E-state index is 0.178.